The number of halogens is 3. The van der Waals surface area contributed by atoms with E-state index in [9.17, 15) is 9.59 Å². The van der Waals surface area contributed by atoms with Crippen LogP contribution in [0.1, 0.15) is 30.9 Å². The largest absolute Gasteiger partial charge is 0.483 e. The molecule has 0 unspecified atom stereocenters. The van der Waals surface area contributed by atoms with Gasteiger partial charge in [-0.2, -0.15) is 0 Å². The van der Waals surface area contributed by atoms with Gasteiger partial charge in [0.25, 0.3) is 5.91 Å². The number of unbranched alkanes of at least 4 members (excludes halogenated alkanes) is 1. The van der Waals surface area contributed by atoms with Crippen molar-refractivity contribution in [3.63, 3.8) is 0 Å². The van der Waals surface area contributed by atoms with Crippen molar-refractivity contribution in [3.8, 4) is 5.75 Å². The molecule has 5 nitrogen and oxygen atoms in total. The highest BCUT2D eigenvalue weighted by atomic mass is 79.9. The number of hydrogen-bond acceptors (Lipinski definition) is 3. The van der Waals surface area contributed by atoms with Gasteiger partial charge < -0.3 is 15.0 Å². The average molecular weight is 642 g/mol. The molecule has 0 bridgehead atoms. The lowest BCUT2D eigenvalue weighted by molar-refractivity contribution is -0.142. The molecule has 0 aliphatic rings. The van der Waals surface area contributed by atoms with Gasteiger partial charge in [0, 0.05) is 19.5 Å². The molecule has 1 N–H and O–H groups in total. The zero-order valence-electron chi connectivity index (χ0n) is 22.2. The van der Waals surface area contributed by atoms with Crippen molar-refractivity contribution in [2.24, 2.45) is 0 Å². The summed E-state index contributed by atoms with van der Waals surface area (Å²) < 4.78 is 6.80. The summed E-state index contributed by atoms with van der Waals surface area (Å²) in [6.07, 6.45) is 2.15. The fourth-order valence-electron chi connectivity index (χ4n) is 4.44. The Kier molecular flexibility index (Phi) is 10.9. The number of carbonyl (C=O) groups excluding carboxylic acids is 2. The van der Waals surface area contributed by atoms with Crippen molar-refractivity contribution in [2.45, 2.75) is 38.8 Å². The third-order valence-corrected chi connectivity index (χ3v) is 8.17. The van der Waals surface area contributed by atoms with E-state index in [-0.39, 0.29) is 25.0 Å². The molecule has 0 saturated heterocycles. The highest BCUT2D eigenvalue weighted by Crippen LogP contribution is 2.33. The Balaban J connectivity index is 1.64. The van der Waals surface area contributed by atoms with Crippen molar-refractivity contribution in [2.75, 3.05) is 13.2 Å². The van der Waals surface area contributed by atoms with Crippen molar-refractivity contribution >= 4 is 61.7 Å². The van der Waals surface area contributed by atoms with Gasteiger partial charge in [-0.1, -0.05) is 103 Å². The number of hydrogen-bond donors (Lipinski definition) is 1. The fraction of sp³-hybridized carbons (Fsp3) is 0.250. The van der Waals surface area contributed by atoms with Gasteiger partial charge in [-0.3, -0.25) is 9.59 Å². The van der Waals surface area contributed by atoms with E-state index < -0.39 is 6.04 Å². The molecular formula is C32H31BrCl2N2O3. The van der Waals surface area contributed by atoms with Crippen LogP contribution in [-0.4, -0.2) is 35.9 Å². The summed E-state index contributed by atoms with van der Waals surface area (Å²) in [5.74, 6) is 0.0175. The maximum Gasteiger partial charge on any atom is 0.261 e. The molecule has 208 valence electrons. The minimum absolute atomic E-state index is 0.163. The predicted octanol–water partition coefficient (Wildman–Crippen LogP) is 7.84. The quantitative estimate of drug-likeness (QED) is 0.160. The molecule has 4 rings (SSSR count). The van der Waals surface area contributed by atoms with Crippen LogP contribution in [0.3, 0.4) is 0 Å². The summed E-state index contributed by atoms with van der Waals surface area (Å²) in [6.45, 7) is 2.52. The van der Waals surface area contributed by atoms with Crippen molar-refractivity contribution in [3.05, 3.63) is 111 Å². The Morgan fingerprint density at radius 3 is 2.42 bits per heavy atom. The van der Waals surface area contributed by atoms with E-state index in [0.717, 1.165) is 39.2 Å². The van der Waals surface area contributed by atoms with E-state index >= 15 is 0 Å². The van der Waals surface area contributed by atoms with Crippen molar-refractivity contribution in [1.29, 1.82) is 0 Å². The van der Waals surface area contributed by atoms with E-state index in [1.54, 1.807) is 17.0 Å². The lowest BCUT2D eigenvalue weighted by atomic mass is 10.0. The maximum absolute atomic E-state index is 13.9. The molecule has 0 aromatic heterocycles. The highest BCUT2D eigenvalue weighted by Gasteiger charge is 2.31. The van der Waals surface area contributed by atoms with Gasteiger partial charge in [0.1, 0.15) is 11.8 Å². The van der Waals surface area contributed by atoms with Gasteiger partial charge in [-0.25, -0.2) is 0 Å². The first-order chi connectivity index (χ1) is 19.4. The van der Waals surface area contributed by atoms with Gasteiger partial charge in [-0.15, -0.1) is 0 Å². The number of rotatable bonds is 12. The molecule has 0 spiro atoms. The molecule has 4 aromatic carbocycles. The third-order valence-electron chi connectivity index (χ3n) is 6.62. The van der Waals surface area contributed by atoms with Crippen LogP contribution in [0.2, 0.25) is 10.0 Å². The summed E-state index contributed by atoms with van der Waals surface area (Å²) >= 11 is 16.1. The van der Waals surface area contributed by atoms with Gasteiger partial charge in [0.15, 0.2) is 6.61 Å². The number of nitrogens with one attached hydrogen (secondary N) is 1. The molecule has 40 heavy (non-hydrogen) atoms. The van der Waals surface area contributed by atoms with E-state index in [1.165, 1.54) is 0 Å². The van der Waals surface area contributed by atoms with Crippen molar-refractivity contribution in [1.82, 2.24) is 10.2 Å². The predicted molar refractivity (Wildman–Crippen MR) is 166 cm³/mol. The second-order valence-electron chi connectivity index (χ2n) is 9.51. The number of benzene rings is 4. The first kappa shape index (κ1) is 29.9. The van der Waals surface area contributed by atoms with Crippen LogP contribution in [0.4, 0.5) is 0 Å². The van der Waals surface area contributed by atoms with E-state index in [1.807, 2.05) is 72.8 Å². The van der Waals surface area contributed by atoms with E-state index in [4.69, 9.17) is 27.9 Å². The Morgan fingerprint density at radius 1 is 0.925 bits per heavy atom. The SMILES string of the molecule is CCCCNC(=O)[C@@H](Cc1ccccc1)N(Cc1ccc(Cl)c(Cl)c1)C(=O)COc1ccc2ccccc2c1Br. The van der Waals surface area contributed by atoms with Crippen LogP contribution in [-0.2, 0) is 22.6 Å². The first-order valence-electron chi connectivity index (χ1n) is 13.2. The second-order valence-corrected chi connectivity index (χ2v) is 11.1. The summed E-state index contributed by atoms with van der Waals surface area (Å²) in [7, 11) is 0. The lowest BCUT2D eigenvalue weighted by Crippen LogP contribution is -2.51. The number of ether oxygens (including phenoxy) is 1. The molecule has 0 aliphatic carbocycles. The van der Waals surface area contributed by atoms with Crippen LogP contribution < -0.4 is 10.1 Å². The molecule has 0 saturated carbocycles. The molecule has 1 atom stereocenters. The van der Waals surface area contributed by atoms with Crippen LogP contribution in [0.15, 0.2) is 89.4 Å². The van der Waals surface area contributed by atoms with E-state index in [2.05, 4.69) is 28.2 Å². The van der Waals surface area contributed by atoms with Gasteiger partial charge in [-0.05, 0) is 62.4 Å². The lowest BCUT2D eigenvalue weighted by Gasteiger charge is -2.31. The maximum atomic E-state index is 13.9. The zero-order chi connectivity index (χ0) is 28.5. The summed E-state index contributed by atoms with van der Waals surface area (Å²) in [6, 6.07) is 25.9. The Hall–Kier alpha value is -3.06. The molecule has 2 amide bonds. The summed E-state index contributed by atoms with van der Waals surface area (Å²) in [5, 5.41) is 5.87. The second kappa shape index (κ2) is 14.5. The van der Waals surface area contributed by atoms with Gasteiger partial charge in [0.05, 0.1) is 14.5 Å². The molecule has 4 aromatic rings. The standard InChI is InChI=1S/C32H31BrCl2N2O3/c1-2-3-17-36-32(39)28(19-22-9-5-4-6-10-22)37(20-23-13-15-26(34)27(35)18-23)30(38)21-40-29-16-14-24-11-7-8-12-25(24)31(29)33/h4-16,18,28H,2-3,17,19-21H2,1H3,(H,36,39)/t28-/m1/s1. The topological polar surface area (TPSA) is 58.6 Å². The average Bonchev–Trinajstić information content (AvgIpc) is 2.97. The smallest absolute Gasteiger partial charge is 0.261 e. The molecule has 0 heterocycles. The number of nitrogens with zero attached hydrogens (tertiary/aromatic N) is 1. The van der Waals surface area contributed by atoms with Crippen LogP contribution >= 0.6 is 39.1 Å². The third kappa shape index (κ3) is 7.78. The zero-order valence-corrected chi connectivity index (χ0v) is 25.3. The normalized spacial score (nSPS) is 11.7. The molecule has 8 heteroatoms. The number of carbonyl (C=O) groups is 2. The minimum Gasteiger partial charge on any atom is -0.483 e. The summed E-state index contributed by atoms with van der Waals surface area (Å²) in [4.78, 5) is 29.0. The van der Waals surface area contributed by atoms with Crippen molar-refractivity contribution < 1.29 is 14.3 Å². The number of fused-ring (bicyclic) bond motifs is 1. The Morgan fingerprint density at radius 2 is 1.68 bits per heavy atom. The van der Waals surface area contributed by atoms with Crippen LogP contribution in [0.5, 0.6) is 5.75 Å². The Bertz CT molecular complexity index is 1470. The van der Waals surface area contributed by atoms with Gasteiger partial charge in [0.2, 0.25) is 5.91 Å². The summed E-state index contributed by atoms with van der Waals surface area (Å²) in [5.41, 5.74) is 1.71. The highest BCUT2D eigenvalue weighted by molar-refractivity contribution is 9.10. The minimum atomic E-state index is -0.759. The molecule has 0 fully saturated rings. The monoisotopic (exact) mass is 640 g/mol. The van der Waals surface area contributed by atoms with Crippen LogP contribution in [0.25, 0.3) is 10.8 Å². The molecular weight excluding hydrogens is 611 g/mol. The fourth-order valence-corrected chi connectivity index (χ4v) is 5.37. The van der Waals surface area contributed by atoms with E-state index in [0.29, 0.717) is 28.8 Å². The molecule has 0 radical (unpaired) electrons. The van der Waals surface area contributed by atoms with Crippen LogP contribution in [0, 0.1) is 0 Å². The Labute approximate surface area is 253 Å². The molecule has 0 aliphatic heterocycles. The number of amides is 2. The van der Waals surface area contributed by atoms with Gasteiger partial charge >= 0.3 is 0 Å². The first-order valence-corrected chi connectivity index (χ1v) is 14.8.